The molecule has 0 saturated carbocycles. The molecule has 0 amide bonds. The fraction of sp³-hybridized carbons (Fsp3) is 0.333. The van der Waals surface area contributed by atoms with Gasteiger partial charge in [-0.2, -0.15) is 13.2 Å². The summed E-state index contributed by atoms with van der Waals surface area (Å²) in [6.07, 6.45) is -3.15. The fourth-order valence-corrected chi connectivity index (χ4v) is 2.51. The summed E-state index contributed by atoms with van der Waals surface area (Å²) < 4.78 is 43.2. The van der Waals surface area contributed by atoms with E-state index in [1.165, 1.54) is 12.1 Å². The summed E-state index contributed by atoms with van der Waals surface area (Å²) in [6.45, 7) is 0. The van der Waals surface area contributed by atoms with Gasteiger partial charge in [-0.05, 0) is 30.7 Å². The summed E-state index contributed by atoms with van der Waals surface area (Å²) in [5, 5.41) is 9.03. The second-order valence-electron chi connectivity index (χ2n) is 5.24. The Morgan fingerprint density at radius 1 is 1.27 bits per heavy atom. The number of aromatic nitrogens is 1. The van der Waals surface area contributed by atoms with Crippen LogP contribution in [-0.4, -0.2) is 16.1 Å². The van der Waals surface area contributed by atoms with Crippen molar-refractivity contribution in [2.24, 2.45) is 5.92 Å². The number of oxazole rings is 1. The van der Waals surface area contributed by atoms with Crippen LogP contribution < -0.4 is 0 Å². The van der Waals surface area contributed by atoms with Crippen LogP contribution in [0.15, 0.2) is 28.7 Å². The highest BCUT2D eigenvalue weighted by atomic mass is 19.4. The normalized spacial score (nSPS) is 18.0. The van der Waals surface area contributed by atoms with E-state index in [4.69, 9.17) is 9.52 Å². The highest BCUT2D eigenvalue weighted by Gasteiger charge is 2.31. The first kappa shape index (κ1) is 14.6. The molecule has 0 bridgehead atoms. The van der Waals surface area contributed by atoms with Crippen molar-refractivity contribution < 1.29 is 27.5 Å². The van der Waals surface area contributed by atoms with Gasteiger partial charge in [-0.1, -0.05) is 0 Å². The Kier molecular flexibility index (Phi) is 3.42. The fourth-order valence-electron chi connectivity index (χ4n) is 2.51. The molecule has 3 rings (SSSR count). The van der Waals surface area contributed by atoms with E-state index in [0.29, 0.717) is 29.9 Å². The number of fused-ring (bicyclic) bond motifs is 1. The molecule has 1 aromatic heterocycles. The minimum absolute atomic E-state index is 0.227. The Labute approximate surface area is 123 Å². The van der Waals surface area contributed by atoms with Crippen LogP contribution in [0.4, 0.5) is 13.2 Å². The van der Waals surface area contributed by atoms with Gasteiger partial charge in [-0.15, -0.1) is 0 Å². The molecule has 22 heavy (non-hydrogen) atoms. The smallest absolute Gasteiger partial charge is 0.416 e. The minimum atomic E-state index is -4.39. The van der Waals surface area contributed by atoms with E-state index in [1.807, 2.05) is 0 Å². The maximum Gasteiger partial charge on any atom is 0.416 e. The van der Waals surface area contributed by atoms with Gasteiger partial charge in [0.1, 0.15) is 5.76 Å². The van der Waals surface area contributed by atoms with E-state index in [1.54, 1.807) is 0 Å². The second-order valence-corrected chi connectivity index (χ2v) is 5.24. The van der Waals surface area contributed by atoms with Gasteiger partial charge in [0, 0.05) is 18.4 Å². The molecule has 1 aliphatic rings. The molecule has 2 aromatic rings. The van der Waals surface area contributed by atoms with Crippen LogP contribution in [0.1, 0.15) is 23.4 Å². The Morgan fingerprint density at radius 2 is 1.95 bits per heavy atom. The summed E-state index contributed by atoms with van der Waals surface area (Å²) in [6, 6.07) is 4.54. The van der Waals surface area contributed by atoms with Crippen LogP contribution >= 0.6 is 0 Å². The molecule has 1 atom stereocenters. The largest absolute Gasteiger partial charge is 0.481 e. The van der Waals surface area contributed by atoms with Gasteiger partial charge in [-0.3, -0.25) is 4.79 Å². The van der Waals surface area contributed by atoms with Gasteiger partial charge < -0.3 is 9.52 Å². The zero-order valence-corrected chi connectivity index (χ0v) is 11.4. The van der Waals surface area contributed by atoms with Crippen molar-refractivity contribution >= 4 is 5.97 Å². The molecular formula is C15H12F3NO3. The van der Waals surface area contributed by atoms with Crippen LogP contribution in [0.5, 0.6) is 0 Å². The lowest BCUT2D eigenvalue weighted by Gasteiger charge is -2.15. The average Bonchev–Trinajstić information content (AvgIpc) is 2.89. The van der Waals surface area contributed by atoms with E-state index < -0.39 is 23.6 Å². The highest BCUT2D eigenvalue weighted by molar-refractivity contribution is 5.70. The quantitative estimate of drug-likeness (QED) is 0.921. The van der Waals surface area contributed by atoms with Crippen molar-refractivity contribution in [3.05, 3.63) is 41.3 Å². The number of carboxylic acid groups (broad SMARTS) is 1. The number of hydrogen-bond acceptors (Lipinski definition) is 3. The van der Waals surface area contributed by atoms with Crippen LogP contribution in [0.3, 0.4) is 0 Å². The molecule has 1 N–H and O–H groups in total. The van der Waals surface area contributed by atoms with Crippen LogP contribution in [-0.2, 0) is 23.8 Å². The van der Waals surface area contributed by atoms with E-state index in [0.717, 1.165) is 12.1 Å². The summed E-state index contributed by atoms with van der Waals surface area (Å²) in [5.74, 6) is -0.514. The number of halogens is 3. The molecule has 0 radical (unpaired) electrons. The van der Waals surface area contributed by atoms with Gasteiger partial charge in [0.2, 0.25) is 5.89 Å². The van der Waals surface area contributed by atoms with Gasteiger partial charge in [0.05, 0.1) is 17.2 Å². The molecule has 0 saturated heterocycles. The summed E-state index contributed by atoms with van der Waals surface area (Å²) in [4.78, 5) is 15.2. The van der Waals surface area contributed by atoms with Gasteiger partial charge in [0.15, 0.2) is 0 Å². The average molecular weight is 311 g/mol. The lowest BCUT2D eigenvalue weighted by molar-refractivity contribution is -0.142. The number of carboxylic acids is 1. The number of alkyl halides is 3. The Bertz CT molecular complexity index is 704. The molecule has 0 spiro atoms. The summed E-state index contributed by atoms with van der Waals surface area (Å²) >= 11 is 0. The first-order chi connectivity index (χ1) is 10.3. The maximum atomic E-state index is 12.5. The molecule has 7 heteroatoms. The van der Waals surface area contributed by atoms with Crippen molar-refractivity contribution in [3.8, 4) is 11.5 Å². The molecule has 1 heterocycles. The zero-order valence-electron chi connectivity index (χ0n) is 11.4. The topological polar surface area (TPSA) is 63.3 Å². The molecule has 1 aliphatic carbocycles. The van der Waals surface area contributed by atoms with Gasteiger partial charge >= 0.3 is 12.1 Å². The number of aryl methyl sites for hydroxylation is 1. The summed E-state index contributed by atoms with van der Waals surface area (Å²) in [5.41, 5.74) is 0.279. The number of nitrogens with zero attached hydrogens (tertiary/aromatic N) is 1. The van der Waals surface area contributed by atoms with E-state index >= 15 is 0 Å². The minimum Gasteiger partial charge on any atom is -0.481 e. The van der Waals surface area contributed by atoms with Crippen molar-refractivity contribution in [1.82, 2.24) is 4.98 Å². The predicted octanol–water partition coefficient (Wildman–Crippen LogP) is 3.55. The van der Waals surface area contributed by atoms with Gasteiger partial charge in [-0.25, -0.2) is 4.98 Å². The molecule has 1 unspecified atom stereocenters. The van der Waals surface area contributed by atoms with Crippen LogP contribution in [0, 0.1) is 5.92 Å². The van der Waals surface area contributed by atoms with Crippen LogP contribution in [0.2, 0.25) is 0 Å². The van der Waals surface area contributed by atoms with E-state index in [2.05, 4.69) is 4.98 Å². The molecule has 0 fully saturated rings. The second kappa shape index (κ2) is 5.15. The molecular weight excluding hydrogens is 299 g/mol. The first-order valence-corrected chi connectivity index (χ1v) is 6.73. The number of rotatable bonds is 2. The lowest BCUT2D eigenvalue weighted by Crippen LogP contribution is -2.21. The standard InChI is InChI=1S/C15H12F3NO3/c16-15(17,18)10-4-1-8(2-5-10)13-19-11-7-9(14(20)21)3-6-12(11)22-13/h1-2,4-5,9H,3,6-7H2,(H,20,21). The number of carbonyl (C=O) groups is 1. The third-order valence-corrected chi connectivity index (χ3v) is 3.75. The SMILES string of the molecule is O=C(O)C1CCc2oc(-c3ccc(C(F)(F)F)cc3)nc2C1. The maximum absolute atomic E-state index is 12.5. The third kappa shape index (κ3) is 2.70. The Morgan fingerprint density at radius 3 is 2.55 bits per heavy atom. The van der Waals surface area contributed by atoms with Crippen molar-refractivity contribution in [2.45, 2.75) is 25.4 Å². The van der Waals surface area contributed by atoms with Gasteiger partial charge in [0.25, 0.3) is 0 Å². The molecule has 1 aromatic carbocycles. The van der Waals surface area contributed by atoms with Crippen molar-refractivity contribution in [2.75, 3.05) is 0 Å². The Hall–Kier alpha value is -2.31. The Balaban J connectivity index is 1.87. The predicted molar refractivity (Wildman–Crippen MR) is 70.1 cm³/mol. The van der Waals surface area contributed by atoms with Crippen LogP contribution in [0.25, 0.3) is 11.5 Å². The zero-order chi connectivity index (χ0) is 15.9. The third-order valence-electron chi connectivity index (χ3n) is 3.75. The molecule has 116 valence electrons. The number of hydrogen-bond donors (Lipinski definition) is 1. The first-order valence-electron chi connectivity index (χ1n) is 6.73. The molecule has 4 nitrogen and oxygen atoms in total. The lowest BCUT2D eigenvalue weighted by atomic mass is 9.90. The number of aliphatic carboxylic acids is 1. The highest BCUT2D eigenvalue weighted by Crippen LogP contribution is 2.33. The monoisotopic (exact) mass is 311 g/mol. The summed E-state index contributed by atoms with van der Waals surface area (Å²) in [7, 11) is 0. The van der Waals surface area contributed by atoms with Crippen molar-refractivity contribution in [1.29, 1.82) is 0 Å². The van der Waals surface area contributed by atoms with E-state index in [9.17, 15) is 18.0 Å². The number of benzene rings is 1. The molecule has 0 aliphatic heterocycles. The van der Waals surface area contributed by atoms with E-state index in [-0.39, 0.29) is 12.3 Å². The van der Waals surface area contributed by atoms with Crippen molar-refractivity contribution in [3.63, 3.8) is 0 Å².